The number of benzene rings is 1. The van der Waals surface area contributed by atoms with Crippen LogP contribution in [0.5, 0.6) is 0 Å². The van der Waals surface area contributed by atoms with Gasteiger partial charge in [-0.3, -0.25) is 10.3 Å². The first-order valence-electron chi connectivity index (χ1n) is 7.75. The first kappa shape index (κ1) is 17.0. The van der Waals surface area contributed by atoms with E-state index in [2.05, 4.69) is 10.3 Å². The van der Waals surface area contributed by atoms with Gasteiger partial charge in [0.2, 0.25) is 0 Å². The van der Waals surface area contributed by atoms with Crippen LogP contribution in [0, 0.1) is 11.7 Å². The Morgan fingerprint density at radius 2 is 2.38 bits per heavy atom. The zero-order valence-corrected chi connectivity index (χ0v) is 14.1. The molecule has 1 aliphatic heterocycles. The van der Waals surface area contributed by atoms with E-state index in [-0.39, 0.29) is 17.8 Å². The van der Waals surface area contributed by atoms with Gasteiger partial charge in [-0.1, -0.05) is 11.8 Å². The van der Waals surface area contributed by atoms with Crippen LogP contribution < -0.4 is 11.1 Å². The average Bonchev–Trinajstić information content (AvgIpc) is 2.55. The molecule has 0 bridgehead atoms. The Morgan fingerprint density at radius 3 is 3.08 bits per heavy atom. The smallest absolute Gasteiger partial charge is 0.410 e. The minimum atomic E-state index is -1.17. The Kier molecular flexibility index (Phi) is 4.69. The molecule has 1 amide bonds. The number of carboxylic acid groups (broad SMARTS) is 1. The number of methoxy groups -OCH3 is 1. The van der Waals surface area contributed by atoms with Crippen molar-refractivity contribution >= 4 is 28.7 Å². The van der Waals surface area contributed by atoms with E-state index in [1.54, 1.807) is 13.2 Å². The molecule has 6 nitrogen and oxygen atoms in total. The van der Waals surface area contributed by atoms with Crippen LogP contribution in [0.4, 0.5) is 14.9 Å². The second-order valence-corrected chi connectivity index (χ2v) is 7.16. The quantitative estimate of drug-likeness (QED) is 0.711. The van der Waals surface area contributed by atoms with Crippen molar-refractivity contribution in [3.05, 3.63) is 29.6 Å². The van der Waals surface area contributed by atoms with Crippen LogP contribution in [0.25, 0.3) is 0 Å². The number of amides is 1. The van der Waals surface area contributed by atoms with Crippen molar-refractivity contribution in [3.63, 3.8) is 0 Å². The number of aliphatic imine (C=N–C) groups is 1. The summed E-state index contributed by atoms with van der Waals surface area (Å²) in [6, 6.07) is 4.48. The number of nitrogen functional groups attached to an aromatic ring is 1. The van der Waals surface area contributed by atoms with Crippen molar-refractivity contribution in [1.29, 1.82) is 0 Å². The number of nitrogens with two attached hydrogens (primary N) is 1. The molecular formula is C16H20FN3O3S. The number of nitrogens with one attached hydrogen (secondary N) is 1. The lowest BCUT2D eigenvalue weighted by Gasteiger charge is -2.46. The van der Waals surface area contributed by atoms with Crippen LogP contribution in [0.1, 0.15) is 24.8 Å². The zero-order valence-electron chi connectivity index (χ0n) is 13.3. The maximum absolute atomic E-state index is 14.6. The molecule has 8 heteroatoms. The van der Waals surface area contributed by atoms with Crippen LogP contribution in [0.2, 0.25) is 0 Å². The summed E-state index contributed by atoms with van der Waals surface area (Å²) in [5.74, 6) is 0.333. The summed E-state index contributed by atoms with van der Waals surface area (Å²) in [6.45, 7) is 0. The second-order valence-electron chi connectivity index (χ2n) is 6.15. The fourth-order valence-electron chi connectivity index (χ4n) is 3.62. The lowest BCUT2D eigenvalue weighted by Crippen LogP contribution is -2.47. The maximum atomic E-state index is 14.6. The van der Waals surface area contributed by atoms with E-state index < -0.39 is 11.6 Å². The fraction of sp³-hybridized carbons (Fsp3) is 0.500. The number of fused-ring (bicyclic) bond motifs is 1. The van der Waals surface area contributed by atoms with Gasteiger partial charge in [0.1, 0.15) is 5.82 Å². The normalized spacial score (nSPS) is 29.5. The standard InChI is InChI=1S/C16H20FN3O3S/c1-23-11-4-5-16(12-7-10(18)2-3-13(12)17)9(6-11)8-24-14(20-16)19-15(21)22/h2-3,7,9,11H,4-6,8,18H2,1H3,(H,19,20)(H,21,22)/t9-,11-,16-/m0/s1. The molecule has 0 saturated heterocycles. The molecule has 0 unspecified atom stereocenters. The van der Waals surface area contributed by atoms with Crippen LogP contribution in [0.15, 0.2) is 23.2 Å². The van der Waals surface area contributed by atoms with E-state index in [9.17, 15) is 9.18 Å². The number of carbonyl (C=O) groups is 1. The Balaban J connectivity index is 2.08. The molecule has 3 atom stereocenters. The highest BCUT2D eigenvalue weighted by molar-refractivity contribution is 8.13. The summed E-state index contributed by atoms with van der Waals surface area (Å²) in [5.41, 5.74) is 5.96. The molecule has 4 N–H and O–H groups in total. The Bertz CT molecular complexity index is 685. The molecule has 1 aliphatic carbocycles. The zero-order chi connectivity index (χ0) is 17.3. The molecule has 1 saturated carbocycles. The summed E-state index contributed by atoms with van der Waals surface area (Å²) < 4.78 is 20.1. The number of ether oxygens (including phenoxy) is 1. The van der Waals surface area contributed by atoms with Crippen LogP contribution in [0.3, 0.4) is 0 Å². The van der Waals surface area contributed by atoms with E-state index in [4.69, 9.17) is 15.6 Å². The number of rotatable bonds is 2. The number of halogens is 1. The second kappa shape index (κ2) is 6.60. The molecule has 24 heavy (non-hydrogen) atoms. The van der Waals surface area contributed by atoms with Gasteiger partial charge in [0.25, 0.3) is 0 Å². The Morgan fingerprint density at radius 1 is 1.58 bits per heavy atom. The van der Waals surface area contributed by atoms with Crippen molar-refractivity contribution in [2.75, 3.05) is 18.6 Å². The molecule has 0 radical (unpaired) electrons. The fourth-order valence-corrected chi connectivity index (χ4v) is 4.78. The predicted octanol–water partition coefficient (Wildman–Crippen LogP) is 2.79. The third kappa shape index (κ3) is 3.08. The van der Waals surface area contributed by atoms with Crippen LogP contribution >= 0.6 is 11.8 Å². The van der Waals surface area contributed by atoms with Crippen LogP contribution in [-0.2, 0) is 10.3 Å². The van der Waals surface area contributed by atoms with Crippen molar-refractivity contribution in [3.8, 4) is 0 Å². The molecule has 3 rings (SSSR count). The van der Waals surface area contributed by atoms with E-state index in [0.29, 0.717) is 28.6 Å². The third-order valence-electron chi connectivity index (χ3n) is 4.80. The average molecular weight is 353 g/mol. The summed E-state index contributed by atoms with van der Waals surface area (Å²) >= 11 is 1.34. The van der Waals surface area contributed by atoms with Gasteiger partial charge in [0.15, 0.2) is 5.17 Å². The summed E-state index contributed by atoms with van der Waals surface area (Å²) in [4.78, 5) is 15.6. The highest BCUT2D eigenvalue weighted by Crippen LogP contribution is 2.50. The topological polar surface area (TPSA) is 96.9 Å². The van der Waals surface area contributed by atoms with Gasteiger partial charge in [-0.05, 0) is 37.5 Å². The molecular weight excluding hydrogens is 333 g/mol. The number of amidine groups is 1. The third-order valence-corrected chi connectivity index (χ3v) is 5.83. The SMILES string of the molecule is CO[C@H]1CC[C@]2(c3cc(N)ccc3F)N=C(NC(=O)O)SC[C@@H]2C1. The first-order chi connectivity index (χ1) is 11.4. The van der Waals surface area contributed by atoms with Gasteiger partial charge >= 0.3 is 6.09 Å². The van der Waals surface area contributed by atoms with Crippen molar-refractivity contribution < 1.29 is 19.0 Å². The molecule has 0 aromatic heterocycles. The van der Waals surface area contributed by atoms with Gasteiger partial charge in [-0.15, -0.1) is 0 Å². The summed E-state index contributed by atoms with van der Waals surface area (Å²) in [6.07, 6.45) is 1.00. The largest absolute Gasteiger partial charge is 0.465 e. The molecule has 1 aromatic rings. The molecule has 1 aromatic carbocycles. The van der Waals surface area contributed by atoms with E-state index in [1.807, 2.05) is 0 Å². The molecule has 130 valence electrons. The van der Waals surface area contributed by atoms with Crippen molar-refractivity contribution in [2.24, 2.45) is 10.9 Å². The number of hydrogen-bond acceptors (Lipinski definition) is 5. The molecule has 0 spiro atoms. The maximum Gasteiger partial charge on any atom is 0.410 e. The minimum absolute atomic E-state index is 0.0526. The van der Waals surface area contributed by atoms with E-state index >= 15 is 0 Å². The Labute approximate surface area is 143 Å². The van der Waals surface area contributed by atoms with Gasteiger partial charge in [-0.25, -0.2) is 9.18 Å². The number of anilines is 1. The Hall–Kier alpha value is -1.80. The number of thioether (sulfide) groups is 1. The van der Waals surface area contributed by atoms with E-state index in [0.717, 1.165) is 12.8 Å². The monoisotopic (exact) mass is 353 g/mol. The van der Waals surface area contributed by atoms with Crippen molar-refractivity contribution in [1.82, 2.24) is 5.32 Å². The number of hydrogen-bond donors (Lipinski definition) is 3. The lowest BCUT2D eigenvalue weighted by molar-refractivity contribution is 0.0229. The molecule has 1 fully saturated rings. The lowest BCUT2D eigenvalue weighted by atomic mass is 9.68. The van der Waals surface area contributed by atoms with Crippen molar-refractivity contribution in [2.45, 2.75) is 30.9 Å². The van der Waals surface area contributed by atoms with Gasteiger partial charge in [-0.2, -0.15) is 0 Å². The van der Waals surface area contributed by atoms with Gasteiger partial charge < -0.3 is 15.6 Å². The van der Waals surface area contributed by atoms with Gasteiger partial charge in [0, 0.05) is 30.0 Å². The highest BCUT2D eigenvalue weighted by atomic mass is 32.2. The summed E-state index contributed by atoms with van der Waals surface area (Å²) in [7, 11) is 1.68. The minimum Gasteiger partial charge on any atom is -0.465 e. The van der Waals surface area contributed by atoms with E-state index in [1.165, 1.54) is 23.9 Å². The number of nitrogens with zero attached hydrogens (tertiary/aromatic N) is 1. The molecule has 1 heterocycles. The molecule has 2 aliphatic rings. The van der Waals surface area contributed by atoms with Gasteiger partial charge in [0.05, 0.1) is 11.6 Å². The summed E-state index contributed by atoms with van der Waals surface area (Å²) in [5, 5.41) is 11.6. The predicted molar refractivity (Wildman–Crippen MR) is 91.7 cm³/mol. The highest BCUT2D eigenvalue weighted by Gasteiger charge is 2.49. The van der Waals surface area contributed by atoms with Crippen LogP contribution in [-0.4, -0.2) is 35.3 Å². The first-order valence-corrected chi connectivity index (χ1v) is 8.74.